The third-order valence-electron chi connectivity index (χ3n) is 3.89. The van der Waals surface area contributed by atoms with Crippen LogP contribution in [0.5, 0.6) is 0 Å². The summed E-state index contributed by atoms with van der Waals surface area (Å²) < 4.78 is 1.78. The van der Waals surface area contributed by atoms with Crippen LogP contribution in [-0.2, 0) is 11.8 Å². The van der Waals surface area contributed by atoms with Crippen LogP contribution < -0.4 is 5.73 Å². The van der Waals surface area contributed by atoms with Crippen LogP contribution in [0.15, 0.2) is 12.1 Å². The summed E-state index contributed by atoms with van der Waals surface area (Å²) in [6.45, 7) is 0. The molecule has 1 fully saturated rings. The Kier molecular flexibility index (Phi) is 3.84. The molecule has 0 radical (unpaired) electrons. The average Bonchev–Trinajstić information content (AvgIpc) is 2.85. The number of amides is 1. The first-order valence-electron chi connectivity index (χ1n) is 6.16. The van der Waals surface area contributed by atoms with Crippen LogP contribution in [0, 0.1) is 0 Å². The van der Waals surface area contributed by atoms with Crippen molar-refractivity contribution >= 4 is 46.9 Å². The molecule has 2 heterocycles. The van der Waals surface area contributed by atoms with Crippen molar-refractivity contribution in [3.63, 3.8) is 0 Å². The Balaban J connectivity index is 0.00000147. The number of nitrogens with two attached hydrogens (primary N) is 1. The zero-order valence-electron chi connectivity index (χ0n) is 11.3. The van der Waals surface area contributed by atoms with Gasteiger partial charge in [0.15, 0.2) is 0 Å². The van der Waals surface area contributed by atoms with E-state index in [0.29, 0.717) is 17.4 Å². The van der Waals surface area contributed by atoms with E-state index in [1.165, 1.54) is 0 Å². The van der Waals surface area contributed by atoms with Gasteiger partial charge in [-0.1, -0.05) is 17.7 Å². The largest absolute Gasteiger partial charge is 0.369 e. The Bertz CT molecular complexity index is 683. The minimum atomic E-state index is 0. The standard InChI is InChI=1S/C13H15ClN4O.ClH/c1-17-9(5-6-10(17)19)7-3-4-8(14)12-11(7)16-13(15)18(12)2;/h3-4,9H,5-6H2,1-2H3,(H2,15,16);1H. The lowest BCUT2D eigenvalue weighted by atomic mass is 10.0. The maximum absolute atomic E-state index is 11.7. The molecule has 1 saturated heterocycles. The molecule has 7 heteroatoms. The highest BCUT2D eigenvalue weighted by atomic mass is 35.5. The fourth-order valence-corrected chi connectivity index (χ4v) is 3.03. The third-order valence-corrected chi connectivity index (χ3v) is 4.20. The van der Waals surface area contributed by atoms with Crippen LogP contribution in [0.3, 0.4) is 0 Å². The Hall–Kier alpha value is -1.46. The zero-order valence-corrected chi connectivity index (χ0v) is 12.8. The molecule has 0 saturated carbocycles. The van der Waals surface area contributed by atoms with Gasteiger partial charge in [-0.3, -0.25) is 4.79 Å². The van der Waals surface area contributed by atoms with E-state index in [2.05, 4.69) is 4.98 Å². The van der Waals surface area contributed by atoms with Gasteiger partial charge in [0, 0.05) is 26.1 Å². The van der Waals surface area contributed by atoms with E-state index >= 15 is 0 Å². The first-order valence-corrected chi connectivity index (χ1v) is 6.54. The van der Waals surface area contributed by atoms with Crippen LogP contribution in [0.1, 0.15) is 24.4 Å². The van der Waals surface area contributed by atoms with Gasteiger partial charge in [-0.05, 0) is 12.5 Å². The van der Waals surface area contributed by atoms with E-state index in [1.54, 1.807) is 9.47 Å². The lowest BCUT2D eigenvalue weighted by Crippen LogP contribution is -2.22. The molecule has 1 aliphatic rings. The highest BCUT2D eigenvalue weighted by Gasteiger charge is 2.31. The molecule has 1 unspecified atom stereocenters. The molecular formula is C13H16Cl2N4O. The number of nitrogen functional groups attached to an aromatic ring is 1. The predicted molar refractivity (Wildman–Crippen MR) is 82.1 cm³/mol. The number of likely N-dealkylation sites (tertiary alicyclic amines) is 1. The Morgan fingerprint density at radius 3 is 2.70 bits per heavy atom. The first kappa shape index (κ1) is 14.9. The van der Waals surface area contributed by atoms with Gasteiger partial charge in [-0.2, -0.15) is 0 Å². The molecule has 2 N–H and O–H groups in total. The van der Waals surface area contributed by atoms with Crippen LogP contribution in [-0.4, -0.2) is 27.4 Å². The van der Waals surface area contributed by atoms with Crippen LogP contribution in [0.25, 0.3) is 11.0 Å². The number of benzene rings is 1. The topological polar surface area (TPSA) is 64.2 Å². The zero-order chi connectivity index (χ0) is 13.7. The van der Waals surface area contributed by atoms with Crippen LogP contribution >= 0.6 is 24.0 Å². The second-order valence-corrected chi connectivity index (χ2v) is 5.33. The molecule has 0 bridgehead atoms. The molecule has 3 rings (SSSR count). The number of aromatic nitrogens is 2. The van der Waals surface area contributed by atoms with Gasteiger partial charge in [0.25, 0.3) is 0 Å². The van der Waals surface area contributed by atoms with Crippen molar-refractivity contribution in [3.05, 3.63) is 22.7 Å². The fraction of sp³-hybridized carbons (Fsp3) is 0.385. The number of carbonyl (C=O) groups is 1. The number of fused-ring (bicyclic) bond motifs is 1. The summed E-state index contributed by atoms with van der Waals surface area (Å²) in [5, 5.41) is 0.623. The molecule has 0 spiro atoms. The van der Waals surface area contributed by atoms with Crippen LogP contribution in [0.2, 0.25) is 5.02 Å². The van der Waals surface area contributed by atoms with E-state index in [-0.39, 0.29) is 24.4 Å². The second-order valence-electron chi connectivity index (χ2n) is 4.92. The van der Waals surface area contributed by atoms with Gasteiger partial charge >= 0.3 is 0 Å². The molecule has 0 aliphatic carbocycles. The van der Waals surface area contributed by atoms with Gasteiger partial charge in [-0.25, -0.2) is 4.98 Å². The highest BCUT2D eigenvalue weighted by Crippen LogP contribution is 2.37. The minimum absolute atomic E-state index is 0. The Morgan fingerprint density at radius 1 is 1.40 bits per heavy atom. The number of anilines is 1. The van der Waals surface area contributed by atoms with Gasteiger partial charge < -0.3 is 15.2 Å². The maximum atomic E-state index is 11.7. The quantitative estimate of drug-likeness (QED) is 0.879. The summed E-state index contributed by atoms with van der Waals surface area (Å²) in [5.41, 5.74) is 8.49. The van der Waals surface area contributed by atoms with Crippen molar-refractivity contribution in [2.45, 2.75) is 18.9 Å². The molecule has 1 aromatic carbocycles. The van der Waals surface area contributed by atoms with Gasteiger partial charge in [-0.15, -0.1) is 12.4 Å². The molecule has 5 nitrogen and oxygen atoms in total. The molecule has 1 atom stereocenters. The van der Waals surface area contributed by atoms with Gasteiger partial charge in [0.1, 0.15) is 0 Å². The Morgan fingerprint density at radius 2 is 2.10 bits per heavy atom. The van der Waals surface area contributed by atoms with Crippen molar-refractivity contribution in [3.8, 4) is 0 Å². The molecule has 20 heavy (non-hydrogen) atoms. The number of rotatable bonds is 1. The molecule has 1 amide bonds. The monoisotopic (exact) mass is 314 g/mol. The van der Waals surface area contributed by atoms with Crippen molar-refractivity contribution in [2.24, 2.45) is 7.05 Å². The lowest BCUT2D eigenvalue weighted by molar-refractivity contribution is -0.127. The number of aryl methyl sites for hydroxylation is 1. The summed E-state index contributed by atoms with van der Waals surface area (Å²) in [5.74, 6) is 0.591. The van der Waals surface area contributed by atoms with Gasteiger partial charge in [0.2, 0.25) is 11.9 Å². The van der Waals surface area contributed by atoms with E-state index in [9.17, 15) is 4.79 Å². The van der Waals surface area contributed by atoms with Crippen molar-refractivity contribution in [1.82, 2.24) is 14.5 Å². The Labute approximate surface area is 128 Å². The van der Waals surface area contributed by atoms with E-state index in [4.69, 9.17) is 17.3 Å². The summed E-state index contributed by atoms with van der Waals surface area (Å²) in [6.07, 6.45) is 1.39. The second kappa shape index (κ2) is 5.14. The van der Waals surface area contributed by atoms with E-state index in [0.717, 1.165) is 23.0 Å². The van der Waals surface area contributed by atoms with E-state index in [1.807, 2.05) is 26.2 Å². The summed E-state index contributed by atoms with van der Waals surface area (Å²) >= 11 is 6.22. The third kappa shape index (κ3) is 2.01. The lowest BCUT2D eigenvalue weighted by Gasteiger charge is -2.20. The summed E-state index contributed by atoms with van der Waals surface area (Å²) in [7, 11) is 3.66. The van der Waals surface area contributed by atoms with Crippen molar-refractivity contribution in [1.29, 1.82) is 0 Å². The van der Waals surface area contributed by atoms with Crippen molar-refractivity contribution in [2.75, 3.05) is 12.8 Å². The number of hydrogen-bond acceptors (Lipinski definition) is 3. The number of imidazole rings is 1. The SMILES string of the molecule is CN1C(=O)CCC1c1ccc(Cl)c2c1nc(N)n2C.Cl. The van der Waals surface area contributed by atoms with Gasteiger partial charge in [0.05, 0.1) is 22.1 Å². The smallest absolute Gasteiger partial charge is 0.222 e. The molecular weight excluding hydrogens is 299 g/mol. The summed E-state index contributed by atoms with van der Waals surface area (Å²) in [4.78, 5) is 17.8. The van der Waals surface area contributed by atoms with E-state index < -0.39 is 0 Å². The molecule has 1 aromatic heterocycles. The molecule has 2 aromatic rings. The molecule has 108 valence electrons. The first-order chi connectivity index (χ1) is 9.00. The van der Waals surface area contributed by atoms with Crippen molar-refractivity contribution < 1.29 is 4.79 Å². The maximum Gasteiger partial charge on any atom is 0.222 e. The van der Waals surface area contributed by atoms with Crippen LogP contribution in [0.4, 0.5) is 5.95 Å². The average molecular weight is 315 g/mol. The highest BCUT2D eigenvalue weighted by molar-refractivity contribution is 6.35. The molecule has 1 aliphatic heterocycles. The number of hydrogen-bond donors (Lipinski definition) is 1. The predicted octanol–water partition coefficient (Wildman–Crippen LogP) is 2.52. The number of halogens is 2. The fourth-order valence-electron chi connectivity index (χ4n) is 2.75. The number of nitrogens with zero attached hydrogens (tertiary/aromatic N) is 3. The number of carbonyl (C=O) groups excluding carboxylic acids is 1. The normalized spacial score (nSPS) is 18.6. The minimum Gasteiger partial charge on any atom is -0.369 e. The summed E-state index contributed by atoms with van der Waals surface area (Å²) in [6, 6.07) is 3.84.